The number of carbonyl (C=O) groups excluding carboxylic acids is 2. The highest BCUT2D eigenvalue weighted by atomic mass is 19.1. The van der Waals surface area contributed by atoms with Gasteiger partial charge in [-0.1, -0.05) is 0 Å². The molecule has 1 saturated heterocycles. The summed E-state index contributed by atoms with van der Waals surface area (Å²) in [6.07, 6.45) is 1.14. The summed E-state index contributed by atoms with van der Waals surface area (Å²) in [5.41, 5.74) is -0.895. The van der Waals surface area contributed by atoms with Crippen molar-refractivity contribution in [2.75, 3.05) is 6.54 Å². The first-order valence-electron chi connectivity index (χ1n) is 6.01. The maximum Gasteiger partial charge on any atom is 0.282 e. The lowest BCUT2D eigenvalue weighted by molar-refractivity contribution is -0.385. The fourth-order valence-electron chi connectivity index (χ4n) is 2.00. The number of nitrogens with one attached hydrogen (secondary N) is 2. The van der Waals surface area contributed by atoms with E-state index < -0.39 is 33.9 Å². The minimum atomic E-state index is -0.835. The van der Waals surface area contributed by atoms with E-state index in [1.54, 1.807) is 0 Å². The van der Waals surface area contributed by atoms with Gasteiger partial charge in [0.15, 0.2) is 0 Å². The molecule has 7 nitrogen and oxygen atoms in total. The lowest BCUT2D eigenvalue weighted by atomic mass is 10.1. The Morgan fingerprint density at radius 1 is 1.50 bits per heavy atom. The van der Waals surface area contributed by atoms with Gasteiger partial charge < -0.3 is 10.6 Å². The molecular weight excluding hydrogens is 269 g/mol. The van der Waals surface area contributed by atoms with Gasteiger partial charge in [0.2, 0.25) is 5.91 Å². The second-order valence-electron chi connectivity index (χ2n) is 4.38. The molecule has 8 heteroatoms. The summed E-state index contributed by atoms with van der Waals surface area (Å²) in [4.78, 5) is 33.5. The van der Waals surface area contributed by atoms with Crippen LogP contribution in [0.5, 0.6) is 0 Å². The van der Waals surface area contributed by atoms with Crippen molar-refractivity contribution in [3.05, 3.63) is 39.7 Å². The van der Waals surface area contributed by atoms with E-state index in [-0.39, 0.29) is 5.91 Å². The number of benzene rings is 1. The van der Waals surface area contributed by atoms with Crippen molar-refractivity contribution in [1.29, 1.82) is 0 Å². The number of hydrogen-bond acceptors (Lipinski definition) is 4. The number of carbonyl (C=O) groups is 2. The lowest BCUT2D eigenvalue weighted by Gasteiger charge is -2.22. The van der Waals surface area contributed by atoms with Crippen LogP contribution in [0.1, 0.15) is 23.2 Å². The van der Waals surface area contributed by atoms with Crippen LogP contribution in [0, 0.1) is 15.9 Å². The zero-order chi connectivity index (χ0) is 14.7. The molecule has 0 radical (unpaired) electrons. The van der Waals surface area contributed by atoms with Crippen molar-refractivity contribution < 1.29 is 18.9 Å². The molecule has 1 atom stereocenters. The molecule has 1 aromatic rings. The van der Waals surface area contributed by atoms with Crippen molar-refractivity contribution >= 4 is 17.5 Å². The van der Waals surface area contributed by atoms with Gasteiger partial charge >= 0.3 is 0 Å². The summed E-state index contributed by atoms with van der Waals surface area (Å²) in [6.45, 7) is 0.533. The van der Waals surface area contributed by atoms with Gasteiger partial charge in [-0.2, -0.15) is 0 Å². The van der Waals surface area contributed by atoms with Crippen LogP contribution in [0.2, 0.25) is 0 Å². The highest BCUT2D eigenvalue weighted by Gasteiger charge is 2.27. The van der Waals surface area contributed by atoms with Crippen molar-refractivity contribution in [2.45, 2.75) is 18.9 Å². The SMILES string of the molecule is O=C(NC1CCCNC1=O)c1cc(F)ccc1[N+](=O)[O-]. The van der Waals surface area contributed by atoms with Gasteiger partial charge in [-0.25, -0.2) is 4.39 Å². The van der Waals surface area contributed by atoms with Crippen LogP contribution in [-0.2, 0) is 4.79 Å². The Morgan fingerprint density at radius 2 is 2.25 bits per heavy atom. The average Bonchev–Trinajstić information content (AvgIpc) is 2.40. The summed E-state index contributed by atoms with van der Waals surface area (Å²) in [7, 11) is 0. The van der Waals surface area contributed by atoms with Crippen molar-refractivity contribution in [1.82, 2.24) is 10.6 Å². The fourth-order valence-corrected chi connectivity index (χ4v) is 2.00. The zero-order valence-corrected chi connectivity index (χ0v) is 10.4. The van der Waals surface area contributed by atoms with Gasteiger partial charge in [0, 0.05) is 12.6 Å². The topological polar surface area (TPSA) is 101 Å². The van der Waals surface area contributed by atoms with Gasteiger partial charge in [-0.05, 0) is 25.0 Å². The van der Waals surface area contributed by atoms with E-state index in [0.29, 0.717) is 19.4 Å². The number of nitrogens with zero attached hydrogens (tertiary/aromatic N) is 1. The van der Waals surface area contributed by atoms with Crippen molar-refractivity contribution in [3.63, 3.8) is 0 Å². The largest absolute Gasteiger partial charge is 0.354 e. The number of piperidine rings is 1. The molecule has 1 aromatic carbocycles. The minimum Gasteiger partial charge on any atom is -0.354 e. The molecule has 0 saturated carbocycles. The zero-order valence-electron chi connectivity index (χ0n) is 10.4. The molecule has 2 rings (SSSR count). The van der Waals surface area contributed by atoms with E-state index in [4.69, 9.17) is 0 Å². The van der Waals surface area contributed by atoms with Gasteiger partial charge in [-0.15, -0.1) is 0 Å². The molecule has 0 aliphatic carbocycles. The highest BCUT2D eigenvalue weighted by Crippen LogP contribution is 2.20. The van der Waals surface area contributed by atoms with Crippen LogP contribution in [0.15, 0.2) is 18.2 Å². The Labute approximate surface area is 113 Å². The Hall–Kier alpha value is -2.51. The van der Waals surface area contributed by atoms with Crippen LogP contribution in [0.25, 0.3) is 0 Å². The predicted molar refractivity (Wildman–Crippen MR) is 66.6 cm³/mol. The van der Waals surface area contributed by atoms with E-state index >= 15 is 0 Å². The minimum absolute atomic E-state index is 0.344. The van der Waals surface area contributed by atoms with E-state index in [1.807, 2.05) is 0 Å². The predicted octanol–water partition coefficient (Wildman–Crippen LogP) is 0.742. The number of halogens is 1. The van der Waals surface area contributed by atoms with Crippen LogP contribution in [0.3, 0.4) is 0 Å². The van der Waals surface area contributed by atoms with Crippen LogP contribution >= 0.6 is 0 Å². The smallest absolute Gasteiger partial charge is 0.282 e. The van der Waals surface area contributed by atoms with Crippen molar-refractivity contribution in [3.8, 4) is 0 Å². The molecule has 0 bridgehead atoms. The first kappa shape index (κ1) is 13.9. The van der Waals surface area contributed by atoms with Gasteiger partial charge in [0.25, 0.3) is 11.6 Å². The molecular formula is C12H12FN3O4. The fraction of sp³-hybridized carbons (Fsp3) is 0.333. The van der Waals surface area contributed by atoms with Gasteiger partial charge in [-0.3, -0.25) is 19.7 Å². The van der Waals surface area contributed by atoms with Gasteiger partial charge in [0.1, 0.15) is 17.4 Å². The molecule has 0 aromatic heterocycles. The number of rotatable bonds is 3. The second kappa shape index (κ2) is 5.64. The van der Waals surface area contributed by atoms with Crippen LogP contribution in [-0.4, -0.2) is 29.3 Å². The Kier molecular flexibility index (Phi) is 3.92. The molecule has 106 valence electrons. The lowest BCUT2D eigenvalue weighted by Crippen LogP contribution is -2.50. The number of nitro groups is 1. The third-order valence-corrected chi connectivity index (χ3v) is 2.99. The van der Waals surface area contributed by atoms with Crippen molar-refractivity contribution in [2.24, 2.45) is 0 Å². The normalized spacial score (nSPS) is 18.2. The summed E-state index contributed by atoms with van der Waals surface area (Å²) in [5.74, 6) is -1.93. The highest BCUT2D eigenvalue weighted by molar-refractivity contribution is 6.00. The summed E-state index contributed by atoms with van der Waals surface area (Å²) < 4.78 is 13.1. The number of amides is 2. The Morgan fingerprint density at radius 3 is 2.90 bits per heavy atom. The summed E-state index contributed by atoms with van der Waals surface area (Å²) in [5, 5.41) is 15.8. The Bertz CT molecular complexity index is 576. The van der Waals surface area contributed by atoms with E-state index in [0.717, 1.165) is 18.2 Å². The maximum absolute atomic E-state index is 13.1. The molecule has 1 aliphatic heterocycles. The Balaban J connectivity index is 2.22. The molecule has 0 spiro atoms. The summed E-state index contributed by atoms with van der Waals surface area (Å²) >= 11 is 0. The number of nitro benzene ring substituents is 1. The first-order valence-corrected chi connectivity index (χ1v) is 6.01. The monoisotopic (exact) mass is 281 g/mol. The third-order valence-electron chi connectivity index (χ3n) is 2.99. The quantitative estimate of drug-likeness (QED) is 0.630. The molecule has 20 heavy (non-hydrogen) atoms. The third kappa shape index (κ3) is 2.90. The summed E-state index contributed by atoms with van der Waals surface area (Å²) in [6, 6.07) is 1.86. The average molecular weight is 281 g/mol. The van der Waals surface area contributed by atoms with Gasteiger partial charge in [0.05, 0.1) is 4.92 Å². The second-order valence-corrected chi connectivity index (χ2v) is 4.38. The number of hydrogen-bond donors (Lipinski definition) is 2. The van der Waals surface area contributed by atoms with E-state index in [1.165, 1.54) is 0 Å². The molecule has 1 heterocycles. The molecule has 1 fully saturated rings. The maximum atomic E-state index is 13.1. The van der Waals surface area contributed by atoms with E-state index in [9.17, 15) is 24.1 Å². The first-order chi connectivity index (χ1) is 9.49. The van der Waals surface area contributed by atoms with E-state index in [2.05, 4.69) is 10.6 Å². The molecule has 1 unspecified atom stereocenters. The molecule has 2 amide bonds. The van der Waals surface area contributed by atoms with Crippen LogP contribution in [0.4, 0.5) is 10.1 Å². The standard InChI is InChI=1S/C12H12FN3O4/c13-7-3-4-10(16(19)20)8(6-7)11(17)15-9-2-1-5-14-12(9)18/h3-4,6,9H,1-2,5H2,(H,14,18)(H,15,17). The molecule has 2 N–H and O–H groups in total. The molecule has 1 aliphatic rings. The van der Waals surface area contributed by atoms with Crippen LogP contribution < -0.4 is 10.6 Å².